The highest BCUT2D eigenvalue weighted by molar-refractivity contribution is 8.00. The van der Waals surface area contributed by atoms with Gasteiger partial charge in [-0.3, -0.25) is 9.36 Å². The standard InChI is InChI=1S/C13H24N4O3S/c1-4-5-8-17-12(19)15-16-13(17)21-10(2)11(18)14-7-6-9-20-3/h10H,4-9H2,1-3H3,(H,14,18)(H,15,19). The first-order valence-corrected chi connectivity index (χ1v) is 8.06. The van der Waals surface area contributed by atoms with Gasteiger partial charge in [0.1, 0.15) is 0 Å². The molecular weight excluding hydrogens is 292 g/mol. The Morgan fingerprint density at radius 1 is 1.52 bits per heavy atom. The normalized spacial score (nSPS) is 12.3. The molecule has 0 fully saturated rings. The molecule has 2 N–H and O–H groups in total. The maximum absolute atomic E-state index is 11.9. The average molecular weight is 316 g/mol. The van der Waals surface area contributed by atoms with E-state index in [-0.39, 0.29) is 16.8 Å². The van der Waals surface area contributed by atoms with Crippen molar-refractivity contribution in [1.29, 1.82) is 0 Å². The number of aromatic nitrogens is 3. The monoisotopic (exact) mass is 316 g/mol. The fourth-order valence-corrected chi connectivity index (χ4v) is 2.60. The lowest BCUT2D eigenvalue weighted by Crippen LogP contribution is -2.32. The van der Waals surface area contributed by atoms with Gasteiger partial charge in [0.25, 0.3) is 0 Å². The first-order chi connectivity index (χ1) is 10.1. The molecule has 0 aromatic carbocycles. The number of thioether (sulfide) groups is 1. The van der Waals surface area contributed by atoms with E-state index < -0.39 is 0 Å². The van der Waals surface area contributed by atoms with Crippen molar-refractivity contribution >= 4 is 17.7 Å². The summed E-state index contributed by atoms with van der Waals surface area (Å²) in [4.78, 5) is 23.6. The zero-order chi connectivity index (χ0) is 15.7. The predicted molar refractivity (Wildman–Crippen MR) is 82.6 cm³/mol. The van der Waals surface area contributed by atoms with Gasteiger partial charge >= 0.3 is 5.69 Å². The van der Waals surface area contributed by atoms with E-state index in [0.717, 1.165) is 19.3 Å². The number of nitrogens with one attached hydrogen (secondary N) is 2. The van der Waals surface area contributed by atoms with Crippen molar-refractivity contribution in [1.82, 2.24) is 20.1 Å². The molecule has 21 heavy (non-hydrogen) atoms. The molecule has 1 aromatic heterocycles. The third-order valence-electron chi connectivity index (χ3n) is 2.93. The van der Waals surface area contributed by atoms with Gasteiger partial charge in [-0.1, -0.05) is 25.1 Å². The lowest BCUT2D eigenvalue weighted by molar-refractivity contribution is -0.120. The smallest absolute Gasteiger partial charge is 0.343 e. The molecule has 0 bridgehead atoms. The van der Waals surface area contributed by atoms with Crippen LogP contribution in [-0.2, 0) is 16.1 Å². The molecule has 1 atom stereocenters. The van der Waals surface area contributed by atoms with Crippen LogP contribution in [-0.4, -0.2) is 46.2 Å². The van der Waals surface area contributed by atoms with E-state index in [0.29, 0.717) is 24.9 Å². The molecule has 0 saturated heterocycles. The van der Waals surface area contributed by atoms with Crippen LogP contribution in [0.25, 0.3) is 0 Å². The van der Waals surface area contributed by atoms with E-state index in [1.807, 2.05) is 0 Å². The van der Waals surface area contributed by atoms with Crippen LogP contribution in [0.1, 0.15) is 33.1 Å². The minimum atomic E-state index is -0.303. The Labute approximate surface area is 128 Å². The number of carbonyl (C=O) groups is 1. The van der Waals surface area contributed by atoms with Crippen LogP contribution in [0.3, 0.4) is 0 Å². The van der Waals surface area contributed by atoms with Crippen LogP contribution < -0.4 is 11.0 Å². The number of H-pyrrole nitrogens is 1. The van der Waals surface area contributed by atoms with Gasteiger partial charge in [0, 0.05) is 26.8 Å². The van der Waals surface area contributed by atoms with Crippen molar-refractivity contribution in [3.63, 3.8) is 0 Å². The molecule has 120 valence electrons. The number of hydrogen-bond acceptors (Lipinski definition) is 5. The lowest BCUT2D eigenvalue weighted by atomic mass is 10.3. The summed E-state index contributed by atoms with van der Waals surface area (Å²) in [6.07, 6.45) is 2.69. The summed E-state index contributed by atoms with van der Waals surface area (Å²) >= 11 is 1.29. The molecule has 0 aliphatic heterocycles. The maximum atomic E-state index is 11.9. The summed E-state index contributed by atoms with van der Waals surface area (Å²) < 4.78 is 6.51. The fourth-order valence-electron chi connectivity index (χ4n) is 1.69. The number of amides is 1. The van der Waals surface area contributed by atoms with Crippen molar-refractivity contribution in [2.45, 2.75) is 50.1 Å². The van der Waals surface area contributed by atoms with E-state index in [2.05, 4.69) is 22.4 Å². The molecule has 8 heteroatoms. The number of hydrogen-bond donors (Lipinski definition) is 2. The highest BCUT2D eigenvalue weighted by Crippen LogP contribution is 2.20. The maximum Gasteiger partial charge on any atom is 0.343 e. The second-order valence-corrected chi connectivity index (χ2v) is 6.02. The number of carbonyl (C=O) groups excluding carboxylic acids is 1. The van der Waals surface area contributed by atoms with Gasteiger partial charge in [0.05, 0.1) is 5.25 Å². The number of unbranched alkanes of at least 4 members (excludes halogenated alkanes) is 1. The van der Waals surface area contributed by atoms with E-state index >= 15 is 0 Å². The number of rotatable bonds is 10. The minimum Gasteiger partial charge on any atom is -0.385 e. The second-order valence-electron chi connectivity index (χ2n) is 4.71. The number of aromatic amines is 1. The highest BCUT2D eigenvalue weighted by Gasteiger charge is 2.18. The summed E-state index contributed by atoms with van der Waals surface area (Å²) in [5, 5.41) is 9.53. The van der Waals surface area contributed by atoms with Crippen LogP contribution in [0.15, 0.2) is 9.95 Å². The quantitative estimate of drug-likeness (QED) is 0.497. The van der Waals surface area contributed by atoms with Crippen molar-refractivity contribution < 1.29 is 9.53 Å². The largest absolute Gasteiger partial charge is 0.385 e. The summed E-state index contributed by atoms with van der Waals surface area (Å²) in [6, 6.07) is 0. The van der Waals surface area contributed by atoms with Gasteiger partial charge < -0.3 is 10.1 Å². The van der Waals surface area contributed by atoms with Crippen molar-refractivity contribution in [3.8, 4) is 0 Å². The molecule has 1 heterocycles. The third kappa shape index (κ3) is 5.92. The molecule has 1 amide bonds. The Morgan fingerprint density at radius 2 is 2.29 bits per heavy atom. The Kier molecular flexibility index (Phi) is 8.14. The topological polar surface area (TPSA) is 89.0 Å². The predicted octanol–water partition coefficient (Wildman–Crippen LogP) is 1.00. The van der Waals surface area contributed by atoms with Crippen molar-refractivity contribution in [2.24, 2.45) is 0 Å². The van der Waals surface area contributed by atoms with Gasteiger partial charge in [0.15, 0.2) is 5.16 Å². The zero-order valence-electron chi connectivity index (χ0n) is 12.8. The van der Waals surface area contributed by atoms with Crippen LogP contribution in [0.2, 0.25) is 0 Å². The number of nitrogens with zero attached hydrogens (tertiary/aromatic N) is 2. The Bertz CT molecular complexity index is 486. The van der Waals surface area contributed by atoms with Crippen molar-refractivity contribution in [2.75, 3.05) is 20.3 Å². The van der Waals surface area contributed by atoms with Gasteiger partial charge in [-0.05, 0) is 19.8 Å². The molecule has 1 unspecified atom stereocenters. The third-order valence-corrected chi connectivity index (χ3v) is 4.02. The van der Waals surface area contributed by atoms with Crippen LogP contribution in [0, 0.1) is 0 Å². The molecular formula is C13H24N4O3S. The molecule has 0 aliphatic carbocycles. The van der Waals surface area contributed by atoms with E-state index in [1.165, 1.54) is 11.8 Å². The first-order valence-electron chi connectivity index (χ1n) is 7.18. The molecule has 0 spiro atoms. The van der Waals surface area contributed by atoms with Crippen molar-refractivity contribution in [3.05, 3.63) is 10.5 Å². The zero-order valence-corrected chi connectivity index (χ0v) is 13.7. The Morgan fingerprint density at radius 3 is 2.95 bits per heavy atom. The highest BCUT2D eigenvalue weighted by atomic mass is 32.2. The Hall–Kier alpha value is -1.28. The Balaban J connectivity index is 2.52. The second kappa shape index (κ2) is 9.62. The average Bonchev–Trinajstić information content (AvgIpc) is 2.81. The van der Waals surface area contributed by atoms with Crippen LogP contribution >= 0.6 is 11.8 Å². The summed E-state index contributed by atoms with van der Waals surface area (Å²) in [6.45, 7) is 5.70. The summed E-state index contributed by atoms with van der Waals surface area (Å²) in [5.41, 5.74) is -0.223. The van der Waals surface area contributed by atoms with Crippen LogP contribution in [0.4, 0.5) is 0 Å². The number of ether oxygens (including phenoxy) is 1. The molecule has 0 saturated carbocycles. The van der Waals surface area contributed by atoms with E-state index in [9.17, 15) is 9.59 Å². The first kappa shape index (κ1) is 17.8. The minimum absolute atomic E-state index is 0.0615. The summed E-state index contributed by atoms with van der Waals surface area (Å²) in [5.74, 6) is -0.0615. The van der Waals surface area contributed by atoms with E-state index in [1.54, 1.807) is 18.6 Å². The van der Waals surface area contributed by atoms with E-state index in [4.69, 9.17) is 4.74 Å². The molecule has 0 aliphatic rings. The SMILES string of the molecule is CCCCn1c(SC(C)C(=O)NCCCOC)n[nH]c1=O. The molecule has 1 rings (SSSR count). The molecule has 1 aromatic rings. The molecule has 0 radical (unpaired) electrons. The van der Waals surface area contributed by atoms with Gasteiger partial charge in [0.2, 0.25) is 5.91 Å². The number of methoxy groups -OCH3 is 1. The van der Waals surface area contributed by atoms with Crippen LogP contribution in [0.5, 0.6) is 0 Å². The van der Waals surface area contributed by atoms with Gasteiger partial charge in [-0.25, -0.2) is 9.89 Å². The fraction of sp³-hybridized carbons (Fsp3) is 0.769. The lowest BCUT2D eigenvalue weighted by Gasteiger charge is -2.11. The van der Waals surface area contributed by atoms with Gasteiger partial charge in [-0.15, -0.1) is 5.10 Å². The summed E-state index contributed by atoms with van der Waals surface area (Å²) in [7, 11) is 1.63. The molecule has 7 nitrogen and oxygen atoms in total. The van der Waals surface area contributed by atoms with Gasteiger partial charge in [-0.2, -0.15) is 0 Å².